The molecule has 2 unspecified atom stereocenters. The Labute approximate surface area is 90.7 Å². The Balaban J connectivity index is 0.000000241. The number of hydrogen-bond acceptors (Lipinski definition) is 8. The van der Waals surface area contributed by atoms with Crippen molar-refractivity contribution in [3.8, 4) is 0 Å². The third kappa shape index (κ3) is 7.89. The summed E-state index contributed by atoms with van der Waals surface area (Å²) < 4.78 is 13.3. The summed E-state index contributed by atoms with van der Waals surface area (Å²) in [7, 11) is 0. The Kier molecular flexibility index (Phi) is 8.00. The zero-order chi connectivity index (χ0) is 12.4. The molecule has 0 aliphatic carbocycles. The van der Waals surface area contributed by atoms with E-state index in [-0.39, 0.29) is 32.1 Å². The maximum Gasteiger partial charge on any atom is 0.508 e. The first-order chi connectivity index (χ1) is 7.67. The van der Waals surface area contributed by atoms with E-state index < -0.39 is 12.3 Å². The van der Waals surface area contributed by atoms with E-state index in [0.717, 1.165) is 6.61 Å². The normalized spacial score (nSPS) is 24.8. The summed E-state index contributed by atoms with van der Waals surface area (Å²) in [5, 5.41) is 16.4. The largest absolute Gasteiger partial charge is 0.508 e. The molecule has 0 bridgehead atoms. The molecule has 0 aromatic rings. The smallest absolute Gasteiger partial charge is 0.430 e. The second-order valence-electron chi connectivity index (χ2n) is 2.70. The van der Waals surface area contributed by atoms with E-state index in [4.69, 9.17) is 19.8 Å². The number of carbonyl (C=O) groups is 1. The zero-order valence-corrected chi connectivity index (χ0v) is 8.33. The van der Waals surface area contributed by atoms with E-state index in [0.29, 0.717) is 0 Å². The van der Waals surface area contributed by atoms with Crippen LogP contribution in [0.3, 0.4) is 0 Å². The summed E-state index contributed by atoms with van der Waals surface area (Å²) in [6.45, 7) is 0.970. The molecule has 0 aromatic heterocycles. The predicted molar refractivity (Wildman–Crippen MR) is 45.1 cm³/mol. The fourth-order valence-corrected chi connectivity index (χ4v) is 0.629. The number of cyclic esters (lactones) is 2. The average molecular weight is 236 g/mol. The molecule has 92 valence electrons. The van der Waals surface area contributed by atoms with Crippen molar-refractivity contribution in [2.75, 3.05) is 26.4 Å². The van der Waals surface area contributed by atoms with E-state index >= 15 is 0 Å². The molecule has 0 radical (unpaired) electrons. The lowest BCUT2D eigenvalue weighted by Gasteiger charge is -1.96. The third-order valence-electron chi connectivity index (χ3n) is 1.46. The zero-order valence-electron chi connectivity index (χ0n) is 8.33. The summed E-state index contributed by atoms with van der Waals surface area (Å²) in [5.74, 6) is 0. The second-order valence-corrected chi connectivity index (χ2v) is 2.70. The molecule has 2 fully saturated rings. The minimum atomic E-state index is -0.691. The van der Waals surface area contributed by atoms with Gasteiger partial charge in [0.15, 0.2) is 6.10 Å². The highest BCUT2D eigenvalue weighted by Crippen LogP contribution is 2.05. The standard InChI is InChI=1S/C4H6O4.C3H6O2.CO2/c5-1-3-2-7-4(6)8-3;4-1-3-2-5-3;2-1-3/h3,5H,1-2H2;3-4H,1-2H2;. The van der Waals surface area contributed by atoms with Crippen molar-refractivity contribution in [2.24, 2.45) is 0 Å². The molecule has 0 saturated carbocycles. The van der Waals surface area contributed by atoms with Crippen LogP contribution >= 0.6 is 0 Å². The molecule has 2 N–H and O–H groups in total. The van der Waals surface area contributed by atoms with E-state index in [1.807, 2.05) is 0 Å². The van der Waals surface area contributed by atoms with E-state index in [2.05, 4.69) is 14.2 Å². The maximum absolute atomic E-state index is 10.1. The third-order valence-corrected chi connectivity index (χ3v) is 1.46. The number of epoxide rings is 1. The van der Waals surface area contributed by atoms with Crippen molar-refractivity contribution in [3.63, 3.8) is 0 Å². The van der Waals surface area contributed by atoms with Gasteiger partial charge in [-0.3, -0.25) is 0 Å². The van der Waals surface area contributed by atoms with Crippen LogP contribution in [0.15, 0.2) is 0 Å². The molecule has 0 spiro atoms. The quantitative estimate of drug-likeness (QED) is 0.430. The maximum atomic E-state index is 10.1. The van der Waals surface area contributed by atoms with Gasteiger partial charge >= 0.3 is 12.3 Å². The molecule has 2 saturated heterocycles. The van der Waals surface area contributed by atoms with Crippen molar-refractivity contribution < 1.29 is 38.8 Å². The first-order valence-electron chi connectivity index (χ1n) is 4.33. The van der Waals surface area contributed by atoms with Gasteiger partial charge in [0, 0.05) is 0 Å². The average Bonchev–Trinajstić information content (AvgIpc) is 3.03. The number of carbonyl (C=O) groups excluding carboxylic acids is 3. The fraction of sp³-hybridized carbons (Fsp3) is 0.750. The first-order valence-corrected chi connectivity index (χ1v) is 4.33. The molecular weight excluding hydrogens is 224 g/mol. The lowest BCUT2D eigenvalue weighted by Crippen LogP contribution is -2.14. The second kappa shape index (κ2) is 8.81. The summed E-state index contributed by atoms with van der Waals surface area (Å²) in [5.41, 5.74) is 0. The molecule has 0 aromatic carbocycles. The van der Waals surface area contributed by atoms with Gasteiger partial charge in [-0.25, -0.2) is 4.79 Å². The number of hydrogen-bond donors (Lipinski definition) is 2. The van der Waals surface area contributed by atoms with E-state index in [1.54, 1.807) is 0 Å². The minimum absolute atomic E-state index is 0.161. The molecule has 2 heterocycles. The molecule has 2 aliphatic heterocycles. The highest BCUT2D eigenvalue weighted by molar-refractivity contribution is 5.61. The SMILES string of the molecule is O=C1OCC(CO)O1.O=C=O.OCC1CO1. The predicted octanol–water partition coefficient (Wildman–Crippen LogP) is -1.69. The Morgan fingerprint density at radius 3 is 1.81 bits per heavy atom. The van der Waals surface area contributed by atoms with Crippen LogP contribution < -0.4 is 0 Å². The summed E-state index contributed by atoms with van der Waals surface area (Å²) >= 11 is 0. The number of aliphatic hydroxyl groups is 2. The number of ether oxygens (including phenoxy) is 3. The summed E-state index contributed by atoms with van der Waals surface area (Å²) in [6.07, 6.45) is -0.693. The lowest BCUT2D eigenvalue weighted by molar-refractivity contribution is -0.191. The monoisotopic (exact) mass is 236 g/mol. The summed E-state index contributed by atoms with van der Waals surface area (Å²) in [6, 6.07) is 0. The van der Waals surface area contributed by atoms with Crippen LogP contribution in [-0.4, -0.2) is 61.2 Å². The van der Waals surface area contributed by atoms with Gasteiger partial charge in [0.1, 0.15) is 12.7 Å². The van der Waals surface area contributed by atoms with Crippen molar-refractivity contribution in [1.82, 2.24) is 0 Å². The summed E-state index contributed by atoms with van der Waals surface area (Å²) in [4.78, 5) is 26.3. The van der Waals surface area contributed by atoms with Crippen molar-refractivity contribution in [3.05, 3.63) is 0 Å². The molecule has 2 aliphatic rings. The van der Waals surface area contributed by atoms with Gasteiger partial charge in [0.2, 0.25) is 0 Å². The molecule has 16 heavy (non-hydrogen) atoms. The van der Waals surface area contributed by atoms with Gasteiger partial charge in [-0.2, -0.15) is 9.59 Å². The Morgan fingerprint density at radius 2 is 1.69 bits per heavy atom. The van der Waals surface area contributed by atoms with Crippen molar-refractivity contribution in [2.45, 2.75) is 12.2 Å². The van der Waals surface area contributed by atoms with Crippen LogP contribution in [0.5, 0.6) is 0 Å². The molecule has 2 atom stereocenters. The number of aliphatic hydroxyl groups excluding tert-OH is 2. The number of rotatable bonds is 2. The Bertz CT molecular complexity index is 230. The highest BCUT2D eigenvalue weighted by Gasteiger charge is 2.23. The Morgan fingerprint density at radius 1 is 1.19 bits per heavy atom. The minimum Gasteiger partial charge on any atom is -0.430 e. The van der Waals surface area contributed by atoms with Gasteiger partial charge in [-0.1, -0.05) is 0 Å². The van der Waals surface area contributed by atoms with E-state index in [9.17, 15) is 4.79 Å². The molecule has 8 nitrogen and oxygen atoms in total. The molecule has 8 heteroatoms. The van der Waals surface area contributed by atoms with Crippen molar-refractivity contribution in [1.29, 1.82) is 0 Å². The van der Waals surface area contributed by atoms with Crippen LogP contribution in [0, 0.1) is 0 Å². The fourth-order valence-electron chi connectivity index (χ4n) is 0.629. The van der Waals surface area contributed by atoms with Gasteiger partial charge < -0.3 is 24.4 Å². The van der Waals surface area contributed by atoms with Crippen LogP contribution in [0.1, 0.15) is 0 Å². The molecular formula is C8H12O8. The van der Waals surface area contributed by atoms with Crippen LogP contribution in [0.4, 0.5) is 4.79 Å². The van der Waals surface area contributed by atoms with Crippen LogP contribution in [0.25, 0.3) is 0 Å². The van der Waals surface area contributed by atoms with Gasteiger partial charge in [-0.05, 0) is 0 Å². The van der Waals surface area contributed by atoms with Crippen LogP contribution in [-0.2, 0) is 23.8 Å². The Hall–Kier alpha value is -1.47. The van der Waals surface area contributed by atoms with Crippen LogP contribution in [0.2, 0.25) is 0 Å². The van der Waals surface area contributed by atoms with E-state index in [1.165, 1.54) is 0 Å². The van der Waals surface area contributed by atoms with Crippen molar-refractivity contribution >= 4 is 12.3 Å². The topological polar surface area (TPSA) is 123 Å². The van der Waals surface area contributed by atoms with Gasteiger partial charge in [0.05, 0.1) is 19.8 Å². The highest BCUT2D eigenvalue weighted by atomic mass is 16.8. The molecule has 2 rings (SSSR count). The van der Waals surface area contributed by atoms with Gasteiger partial charge in [-0.15, -0.1) is 0 Å². The first kappa shape index (κ1) is 14.5. The lowest BCUT2D eigenvalue weighted by atomic mass is 10.4. The molecule has 0 amide bonds. The van der Waals surface area contributed by atoms with Gasteiger partial charge in [0.25, 0.3) is 0 Å².